The molecule has 1 aromatic heterocycles. The van der Waals surface area contributed by atoms with E-state index in [1.807, 2.05) is 17.8 Å². The van der Waals surface area contributed by atoms with Crippen LogP contribution in [0.15, 0.2) is 18.3 Å². The smallest absolute Gasteiger partial charge is 0.335 e. The third kappa shape index (κ3) is 3.06. The standard InChI is InChI=1S/C15H19N3O3/c1-11-8-12(15(19)20)9-13-10-18(16-14(11)13)3-2-17-4-6-21-7-5-17/h8-10H,2-7H2,1H3,(H,19,20). The monoisotopic (exact) mass is 289 g/mol. The molecular formula is C15H19N3O3. The molecule has 112 valence electrons. The molecule has 0 bridgehead atoms. The molecule has 6 heteroatoms. The molecule has 0 atom stereocenters. The van der Waals surface area contributed by atoms with Crippen molar-refractivity contribution >= 4 is 16.9 Å². The van der Waals surface area contributed by atoms with Crippen molar-refractivity contribution < 1.29 is 14.6 Å². The summed E-state index contributed by atoms with van der Waals surface area (Å²) in [5, 5.41) is 14.5. The van der Waals surface area contributed by atoms with Crippen LogP contribution in [-0.2, 0) is 11.3 Å². The van der Waals surface area contributed by atoms with Crippen LogP contribution in [0, 0.1) is 6.92 Å². The number of morpholine rings is 1. The zero-order chi connectivity index (χ0) is 14.8. The largest absolute Gasteiger partial charge is 0.478 e. The molecule has 0 aliphatic carbocycles. The molecule has 3 rings (SSSR count). The van der Waals surface area contributed by atoms with Crippen LogP contribution in [-0.4, -0.2) is 58.6 Å². The summed E-state index contributed by atoms with van der Waals surface area (Å²) in [4.78, 5) is 13.4. The number of aromatic carboxylic acids is 1. The van der Waals surface area contributed by atoms with Crippen molar-refractivity contribution in [2.75, 3.05) is 32.8 Å². The van der Waals surface area contributed by atoms with Gasteiger partial charge in [0.2, 0.25) is 0 Å². The topological polar surface area (TPSA) is 67.6 Å². The summed E-state index contributed by atoms with van der Waals surface area (Å²) in [6, 6.07) is 3.35. The van der Waals surface area contributed by atoms with Gasteiger partial charge >= 0.3 is 5.97 Å². The zero-order valence-corrected chi connectivity index (χ0v) is 12.1. The zero-order valence-electron chi connectivity index (χ0n) is 12.1. The van der Waals surface area contributed by atoms with Crippen LogP contribution < -0.4 is 0 Å². The van der Waals surface area contributed by atoms with Gasteiger partial charge < -0.3 is 9.84 Å². The van der Waals surface area contributed by atoms with E-state index in [9.17, 15) is 4.79 Å². The van der Waals surface area contributed by atoms with Gasteiger partial charge in [0.1, 0.15) is 0 Å². The lowest BCUT2D eigenvalue weighted by Gasteiger charge is -2.26. The second-order valence-corrected chi connectivity index (χ2v) is 5.38. The van der Waals surface area contributed by atoms with Gasteiger partial charge in [-0.2, -0.15) is 5.10 Å². The predicted molar refractivity (Wildman–Crippen MR) is 78.7 cm³/mol. The summed E-state index contributed by atoms with van der Waals surface area (Å²) in [7, 11) is 0. The lowest BCUT2D eigenvalue weighted by atomic mass is 10.1. The third-order valence-electron chi connectivity index (χ3n) is 3.84. The Hall–Kier alpha value is -1.92. The molecule has 1 aliphatic rings. The van der Waals surface area contributed by atoms with Gasteiger partial charge in [0.15, 0.2) is 0 Å². The molecule has 1 aliphatic heterocycles. The molecule has 1 aromatic carbocycles. The van der Waals surface area contributed by atoms with Crippen molar-refractivity contribution in [2.24, 2.45) is 0 Å². The van der Waals surface area contributed by atoms with Crippen molar-refractivity contribution in [3.8, 4) is 0 Å². The first kappa shape index (κ1) is 14.0. The third-order valence-corrected chi connectivity index (χ3v) is 3.84. The molecule has 0 spiro atoms. The Morgan fingerprint density at radius 3 is 2.81 bits per heavy atom. The highest BCUT2D eigenvalue weighted by atomic mass is 16.5. The molecular weight excluding hydrogens is 270 g/mol. The number of fused-ring (bicyclic) bond motifs is 1. The average molecular weight is 289 g/mol. The van der Waals surface area contributed by atoms with Crippen LogP contribution in [0.1, 0.15) is 15.9 Å². The van der Waals surface area contributed by atoms with Gasteiger partial charge in [-0.05, 0) is 24.6 Å². The van der Waals surface area contributed by atoms with Crippen LogP contribution >= 0.6 is 0 Å². The quantitative estimate of drug-likeness (QED) is 0.921. The number of aromatic nitrogens is 2. The number of hydrogen-bond acceptors (Lipinski definition) is 4. The number of carboxylic acids is 1. The maximum atomic E-state index is 11.1. The molecule has 1 N–H and O–H groups in total. The maximum absolute atomic E-state index is 11.1. The summed E-state index contributed by atoms with van der Waals surface area (Å²) >= 11 is 0. The fourth-order valence-corrected chi connectivity index (χ4v) is 2.67. The summed E-state index contributed by atoms with van der Waals surface area (Å²) in [6.07, 6.45) is 1.93. The van der Waals surface area contributed by atoms with Gasteiger partial charge in [-0.15, -0.1) is 0 Å². The highest BCUT2D eigenvalue weighted by molar-refractivity contribution is 5.94. The molecule has 2 aromatic rings. The molecule has 0 unspecified atom stereocenters. The van der Waals surface area contributed by atoms with E-state index >= 15 is 0 Å². The molecule has 1 fully saturated rings. The van der Waals surface area contributed by atoms with Crippen LogP contribution in [0.3, 0.4) is 0 Å². The van der Waals surface area contributed by atoms with Crippen molar-refractivity contribution in [2.45, 2.75) is 13.5 Å². The Balaban J connectivity index is 1.77. The Morgan fingerprint density at radius 1 is 1.33 bits per heavy atom. The number of carboxylic acid groups (broad SMARTS) is 1. The number of ether oxygens (including phenoxy) is 1. The van der Waals surface area contributed by atoms with Crippen LogP contribution in [0.4, 0.5) is 0 Å². The minimum atomic E-state index is -0.902. The van der Waals surface area contributed by atoms with Crippen molar-refractivity contribution in [1.82, 2.24) is 14.7 Å². The van der Waals surface area contributed by atoms with E-state index in [2.05, 4.69) is 10.00 Å². The van der Waals surface area contributed by atoms with E-state index < -0.39 is 5.97 Å². The van der Waals surface area contributed by atoms with Crippen molar-refractivity contribution in [3.63, 3.8) is 0 Å². The average Bonchev–Trinajstić information content (AvgIpc) is 2.90. The minimum Gasteiger partial charge on any atom is -0.478 e. The van der Waals surface area contributed by atoms with Gasteiger partial charge in [0.05, 0.1) is 30.8 Å². The van der Waals surface area contributed by atoms with E-state index in [1.165, 1.54) is 0 Å². The summed E-state index contributed by atoms with van der Waals surface area (Å²) in [6.45, 7) is 7.14. The second-order valence-electron chi connectivity index (χ2n) is 5.38. The normalized spacial score (nSPS) is 16.4. The molecule has 2 heterocycles. The molecule has 6 nitrogen and oxygen atoms in total. The fraction of sp³-hybridized carbons (Fsp3) is 0.467. The predicted octanol–water partition coefficient (Wildman–Crippen LogP) is 1.38. The SMILES string of the molecule is Cc1cc(C(=O)O)cc2cn(CCN3CCOCC3)nc12. The van der Waals surface area contributed by atoms with Gasteiger partial charge in [-0.3, -0.25) is 9.58 Å². The Labute approximate surface area is 122 Å². The summed E-state index contributed by atoms with van der Waals surface area (Å²) in [5.41, 5.74) is 2.09. The Morgan fingerprint density at radius 2 is 2.10 bits per heavy atom. The Bertz CT molecular complexity index is 659. The lowest BCUT2D eigenvalue weighted by molar-refractivity contribution is 0.0360. The van der Waals surface area contributed by atoms with E-state index in [4.69, 9.17) is 9.84 Å². The number of hydrogen-bond donors (Lipinski definition) is 1. The fourth-order valence-electron chi connectivity index (χ4n) is 2.67. The highest BCUT2D eigenvalue weighted by Crippen LogP contribution is 2.19. The first-order chi connectivity index (χ1) is 10.1. The number of benzene rings is 1. The number of carbonyl (C=O) groups is 1. The van der Waals surface area contributed by atoms with E-state index in [1.54, 1.807) is 12.1 Å². The van der Waals surface area contributed by atoms with Gasteiger partial charge in [0, 0.05) is 31.2 Å². The first-order valence-electron chi connectivity index (χ1n) is 7.15. The molecule has 0 radical (unpaired) electrons. The van der Waals surface area contributed by atoms with Gasteiger partial charge in [-0.1, -0.05) is 0 Å². The molecule has 0 amide bonds. The minimum absolute atomic E-state index is 0.313. The molecule has 0 saturated carbocycles. The van der Waals surface area contributed by atoms with E-state index in [0.29, 0.717) is 5.56 Å². The second kappa shape index (κ2) is 5.83. The Kier molecular flexibility index (Phi) is 3.90. The number of aryl methyl sites for hydroxylation is 1. The lowest BCUT2D eigenvalue weighted by Crippen LogP contribution is -2.38. The van der Waals surface area contributed by atoms with Crippen LogP contribution in [0.25, 0.3) is 10.9 Å². The maximum Gasteiger partial charge on any atom is 0.335 e. The van der Waals surface area contributed by atoms with Gasteiger partial charge in [0.25, 0.3) is 0 Å². The molecule has 1 saturated heterocycles. The summed E-state index contributed by atoms with van der Waals surface area (Å²) < 4.78 is 7.23. The number of rotatable bonds is 4. The molecule has 21 heavy (non-hydrogen) atoms. The van der Waals surface area contributed by atoms with Crippen LogP contribution in [0.5, 0.6) is 0 Å². The van der Waals surface area contributed by atoms with Gasteiger partial charge in [-0.25, -0.2) is 4.79 Å². The van der Waals surface area contributed by atoms with E-state index in [0.717, 1.165) is 55.9 Å². The van der Waals surface area contributed by atoms with E-state index in [-0.39, 0.29) is 0 Å². The van der Waals surface area contributed by atoms with Crippen molar-refractivity contribution in [3.05, 3.63) is 29.5 Å². The van der Waals surface area contributed by atoms with Crippen LogP contribution in [0.2, 0.25) is 0 Å². The first-order valence-corrected chi connectivity index (χ1v) is 7.15. The highest BCUT2D eigenvalue weighted by Gasteiger charge is 2.12. The van der Waals surface area contributed by atoms with Crippen molar-refractivity contribution in [1.29, 1.82) is 0 Å². The summed E-state index contributed by atoms with van der Waals surface area (Å²) in [5.74, 6) is -0.902. The number of nitrogens with zero attached hydrogens (tertiary/aromatic N) is 3.